The van der Waals surface area contributed by atoms with E-state index >= 15 is 0 Å². The Hall–Kier alpha value is -0.580. The van der Waals surface area contributed by atoms with Crippen LogP contribution in [0.3, 0.4) is 0 Å². The second-order valence-electron chi connectivity index (χ2n) is 3.42. The Labute approximate surface area is 78.1 Å². The molecule has 0 unspecified atom stereocenters. The monoisotopic (exact) mass is 188 g/mol. The molecular formula is C9H16O4. The minimum atomic E-state index is -0.637. The molecule has 1 saturated heterocycles. The van der Waals surface area contributed by atoms with Crippen LogP contribution in [0.2, 0.25) is 0 Å². The summed E-state index contributed by atoms with van der Waals surface area (Å²) in [5.41, 5.74) is 0. The van der Waals surface area contributed by atoms with Gasteiger partial charge >= 0.3 is 0 Å². The van der Waals surface area contributed by atoms with E-state index in [4.69, 9.17) is 14.2 Å². The minimum absolute atomic E-state index is 0.283. The fourth-order valence-electron chi connectivity index (χ4n) is 1.14. The van der Waals surface area contributed by atoms with Crippen molar-refractivity contribution in [2.45, 2.75) is 31.8 Å². The van der Waals surface area contributed by atoms with Crippen LogP contribution >= 0.6 is 0 Å². The van der Waals surface area contributed by atoms with Crippen molar-refractivity contribution in [1.82, 2.24) is 0 Å². The van der Waals surface area contributed by atoms with Crippen LogP contribution in [0.4, 0.5) is 0 Å². The summed E-state index contributed by atoms with van der Waals surface area (Å²) in [6.07, 6.45) is 2.19. The van der Waals surface area contributed by atoms with Crippen LogP contribution < -0.4 is 0 Å². The quantitative estimate of drug-likeness (QED) is 0.647. The first kappa shape index (κ1) is 10.5. The molecule has 1 rings (SSSR count). The number of methoxy groups -OCH3 is 1. The Bertz CT molecular complexity index is 188. The molecule has 1 heterocycles. The maximum atomic E-state index is 9.47. The number of hydrogen-bond donors (Lipinski definition) is 1. The molecule has 0 amide bonds. The van der Waals surface area contributed by atoms with Gasteiger partial charge in [0.05, 0.1) is 20.0 Å². The SMILES string of the molecule is CO/C=C\[C@H]1OC(C)(C)OC[C@H]1O. The zero-order chi connectivity index (χ0) is 9.90. The Kier molecular flexibility index (Phi) is 3.30. The van der Waals surface area contributed by atoms with E-state index in [1.807, 2.05) is 13.8 Å². The molecule has 0 radical (unpaired) electrons. The van der Waals surface area contributed by atoms with Crippen molar-refractivity contribution in [3.63, 3.8) is 0 Å². The molecule has 0 spiro atoms. The number of aliphatic hydroxyl groups excluding tert-OH is 1. The van der Waals surface area contributed by atoms with Crippen LogP contribution in [0, 0.1) is 0 Å². The second kappa shape index (κ2) is 4.09. The van der Waals surface area contributed by atoms with Crippen LogP contribution in [-0.2, 0) is 14.2 Å². The highest BCUT2D eigenvalue weighted by atomic mass is 16.7. The molecule has 13 heavy (non-hydrogen) atoms. The molecule has 76 valence electrons. The maximum absolute atomic E-state index is 9.47. The van der Waals surface area contributed by atoms with E-state index in [-0.39, 0.29) is 12.7 Å². The van der Waals surface area contributed by atoms with Gasteiger partial charge in [0.15, 0.2) is 5.79 Å². The van der Waals surface area contributed by atoms with Crippen LogP contribution in [-0.4, -0.2) is 36.8 Å². The highest BCUT2D eigenvalue weighted by Crippen LogP contribution is 2.22. The molecule has 0 aromatic carbocycles. The third-order valence-corrected chi connectivity index (χ3v) is 1.81. The lowest BCUT2D eigenvalue weighted by Gasteiger charge is -2.37. The van der Waals surface area contributed by atoms with Crippen LogP contribution in [0.1, 0.15) is 13.8 Å². The van der Waals surface area contributed by atoms with E-state index in [1.54, 1.807) is 13.2 Å². The molecule has 1 N–H and O–H groups in total. The minimum Gasteiger partial charge on any atom is -0.505 e. The second-order valence-corrected chi connectivity index (χ2v) is 3.42. The topological polar surface area (TPSA) is 47.9 Å². The largest absolute Gasteiger partial charge is 0.505 e. The van der Waals surface area contributed by atoms with Gasteiger partial charge in [0.1, 0.15) is 12.2 Å². The Balaban J connectivity index is 2.55. The Morgan fingerprint density at radius 2 is 2.23 bits per heavy atom. The summed E-state index contributed by atoms with van der Waals surface area (Å²) in [5.74, 6) is -0.637. The van der Waals surface area contributed by atoms with Gasteiger partial charge in [0, 0.05) is 0 Å². The Morgan fingerprint density at radius 1 is 1.54 bits per heavy atom. The molecule has 0 aromatic heterocycles. The van der Waals surface area contributed by atoms with Gasteiger partial charge in [0.2, 0.25) is 0 Å². The average molecular weight is 188 g/mol. The van der Waals surface area contributed by atoms with Crippen molar-refractivity contribution in [2.75, 3.05) is 13.7 Å². The van der Waals surface area contributed by atoms with E-state index < -0.39 is 11.9 Å². The first-order valence-corrected chi connectivity index (χ1v) is 4.24. The molecule has 0 saturated carbocycles. The first-order valence-electron chi connectivity index (χ1n) is 4.24. The van der Waals surface area contributed by atoms with Gasteiger partial charge in [-0.05, 0) is 19.9 Å². The van der Waals surface area contributed by atoms with Gasteiger partial charge in [-0.1, -0.05) is 0 Å². The highest BCUT2D eigenvalue weighted by Gasteiger charge is 2.33. The van der Waals surface area contributed by atoms with Gasteiger partial charge in [0.25, 0.3) is 0 Å². The summed E-state index contributed by atoms with van der Waals surface area (Å²) in [5, 5.41) is 9.47. The molecule has 1 aliphatic heterocycles. The fourth-order valence-corrected chi connectivity index (χ4v) is 1.14. The molecule has 4 nitrogen and oxygen atoms in total. The van der Waals surface area contributed by atoms with Crippen molar-refractivity contribution in [3.8, 4) is 0 Å². The lowest BCUT2D eigenvalue weighted by molar-refractivity contribution is -0.293. The van der Waals surface area contributed by atoms with E-state index in [9.17, 15) is 5.11 Å². The number of ether oxygens (including phenoxy) is 3. The number of hydrogen-bond acceptors (Lipinski definition) is 4. The fraction of sp³-hybridized carbons (Fsp3) is 0.778. The van der Waals surface area contributed by atoms with Gasteiger partial charge in [-0.15, -0.1) is 0 Å². The predicted molar refractivity (Wildman–Crippen MR) is 47.1 cm³/mol. The molecule has 2 atom stereocenters. The summed E-state index contributed by atoms with van der Waals surface area (Å²) in [6.45, 7) is 3.91. The van der Waals surface area contributed by atoms with Crippen molar-refractivity contribution in [2.24, 2.45) is 0 Å². The van der Waals surface area contributed by atoms with Gasteiger partial charge in [-0.25, -0.2) is 0 Å². The normalized spacial score (nSPS) is 33.5. The maximum Gasteiger partial charge on any atom is 0.163 e. The molecular weight excluding hydrogens is 172 g/mol. The van der Waals surface area contributed by atoms with Gasteiger partial charge in [-0.2, -0.15) is 0 Å². The smallest absolute Gasteiger partial charge is 0.163 e. The van der Waals surface area contributed by atoms with Crippen LogP contribution in [0.25, 0.3) is 0 Å². The lowest BCUT2D eigenvalue weighted by atomic mass is 10.1. The number of aliphatic hydroxyl groups is 1. The summed E-state index contributed by atoms with van der Waals surface area (Å²) >= 11 is 0. The molecule has 0 aromatic rings. The van der Waals surface area contributed by atoms with E-state index in [0.717, 1.165) is 0 Å². The zero-order valence-electron chi connectivity index (χ0n) is 8.19. The van der Waals surface area contributed by atoms with Crippen LogP contribution in [0.5, 0.6) is 0 Å². The van der Waals surface area contributed by atoms with Crippen molar-refractivity contribution >= 4 is 0 Å². The van der Waals surface area contributed by atoms with E-state index in [2.05, 4.69) is 0 Å². The molecule has 1 fully saturated rings. The van der Waals surface area contributed by atoms with E-state index in [1.165, 1.54) is 6.26 Å². The third kappa shape index (κ3) is 2.99. The average Bonchev–Trinajstić information content (AvgIpc) is 2.07. The molecule has 1 aliphatic rings. The number of rotatable bonds is 2. The molecule has 0 aliphatic carbocycles. The van der Waals surface area contributed by atoms with Crippen molar-refractivity contribution in [3.05, 3.63) is 12.3 Å². The molecule has 4 heteroatoms. The van der Waals surface area contributed by atoms with Gasteiger partial charge in [-0.3, -0.25) is 0 Å². The van der Waals surface area contributed by atoms with E-state index in [0.29, 0.717) is 0 Å². The summed E-state index contributed by atoms with van der Waals surface area (Å²) in [4.78, 5) is 0. The summed E-state index contributed by atoms with van der Waals surface area (Å²) in [6, 6.07) is 0. The summed E-state index contributed by atoms with van der Waals surface area (Å²) < 4.78 is 15.4. The van der Waals surface area contributed by atoms with Crippen LogP contribution in [0.15, 0.2) is 12.3 Å². The zero-order valence-corrected chi connectivity index (χ0v) is 8.19. The predicted octanol–water partition coefficient (Wildman–Crippen LogP) is 0.659. The summed E-state index contributed by atoms with van der Waals surface area (Å²) in [7, 11) is 1.55. The highest BCUT2D eigenvalue weighted by molar-refractivity contribution is 4.92. The van der Waals surface area contributed by atoms with Gasteiger partial charge < -0.3 is 19.3 Å². The Morgan fingerprint density at radius 3 is 2.85 bits per heavy atom. The van der Waals surface area contributed by atoms with Crippen molar-refractivity contribution < 1.29 is 19.3 Å². The first-order chi connectivity index (χ1) is 6.05. The molecule has 0 bridgehead atoms. The standard InChI is InChI=1S/C9H16O4/c1-9(2)12-6-7(10)8(13-9)4-5-11-3/h4-5,7-8,10H,6H2,1-3H3/b5-4-/t7-,8-/m1/s1. The van der Waals surface area contributed by atoms with Crippen molar-refractivity contribution in [1.29, 1.82) is 0 Å². The lowest BCUT2D eigenvalue weighted by Crippen LogP contribution is -2.47. The third-order valence-electron chi connectivity index (χ3n) is 1.81.